The van der Waals surface area contributed by atoms with Crippen LogP contribution in [0.3, 0.4) is 0 Å². The largest absolute Gasteiger partial charge is 0.325 e. The van der Waals surface area contributed by atoms with Gasteiger partial charge in [0.15, 0.2) is 0 Å². The molecule has 4 heteroatoms. The van der Waals surface area contributed by atoms with Crippen LogP contribution in [0.4, 0.5) is 5.69 Å². The minimum absolute atomic E-state index is 0.145. The molecule has 1 amide bonds. The van der Waals surface area contributed by atoms with E-state index in [0.717, 1.165) is 42.3 Å². The predicted molar refractivity (Wildman–Crippen MR) is 88.1 cm³/mol. The molecule has 0 radical (unpaired) electrons. The summed E-state index contributed by atoms with van der Waals surface area (Å²) in [5, 5.41) is 3.70. The molecule has 0 spiro atoms. The summed E-state index contributed by atoms with van der Waals surface area (Å²) in [6.45, 7) is 4.37. The topological polar surface area (TPSA) is 29.1 Å². The van der Waals surface area contributed by atoms with Crippen LogP contribution in [0.1, 0.15) is 46.0 Å². The van der Waals surface area contributed by atoms with Crippen molar-refractivity contribution in [1.82, 2.24) is 0 Å². The highest BCUT2D eigenvalue weighted by Crippen LogP contribution is 2.44. The van der Waals surface area contributed by atoms with Crippen molar-refractivity contribution in [1.29, 1.82) is 0 Å². The molecule has 1 N–H and O–H groups in total. The Kier molecular flexibility index (Phi) is 5.14. The van der Waals surface area contributed by atoms with Crippen LogP contribution in [0.15, 0.2) is 22.7 Å². The third kappa shape index (κ3) is 3.56. The van der Waals surface area contributed by atoms with Gasteiger partial charge in [0, 0.05) is 14.9 Å². The predicted octanol–water partition coefficient (Wildman–Crippen LogP) is 5.65. The standard InChI is InChI=1S/C16H21BrClNO/c1-11(2)10-16(7-3-4-8-16)15(20)19-14-9-12(18)5-6-13(14)17/h5-6,9,11H,3-4,7-8,10H2,1-2H3,(H,19,20). The van der Waals surface area contributed by atoms with E-state index in [-0.39, 0.29) is 11.3 Å². The summed E-state index contributed by atoms with van der Waals surface area (Å²) < 4.78 is 0.868. The summed E-state index contributed by atoms with van der Waals surface area (Å²) in [6.07, 6.45) is 5.25. The lowest BCUT2D eigenvalue weighted by Gasteiger charge is -2.29. The minimum atomic E-state index is -0.198. The van der Waals surface area contributed by atoms with Gasteiger partial charge < -0.3 is 5.32 Å². The lowest BCUT2D eigenvalue weighted by Crippen LogP contribution is -2.35. The summed E-state index contributed by atoms with van der Waals surface area (Å²) in [4.78, 5) is 12.8. The number of rotatable bonds is 4. The fraction of sp³-hybridized carbons (Fsp3) is 0.562. The van der Waals surface area contributed by atoms with Gasteiger partial charge in [0.1, 0.15) is 0 Å². The Bertz CT molecular complexity index is 495. The van der Waals surface area contributed by atoms with E-state index in [1.54, 1.807) is 12.1 Å². The number of benzene rings is 1. The molecule has 110 valence electrons. The molecule has 1 aromatic carbocycles. The molecule has 0 saturated heterocycles. The Balaban J connectivity index is 2.18. The van der Waals surface area contributed by atoms with Crippen LogP contribution in [0, 0.1) is 11.3 Å². The maximum absolute atomic E-state index is 12.8. The average Bonchev–Trinajstić information content (AvgIpc) is 2.82. The van der Waals surface area contributed by atoms with Crippen molar-refractivity contribution in [2.75, 3.05) is 5.32 Å². The lowest BCUT2D eigenvalue weighted by atomic mass is 9.77. The van der Waals surface area contributed by atoms with E-state index in [9.17, 15) is 4.79 Å². The monoisotopic (exact) mass is 357 g/mol. The van der Waals surface area contributed by atoms with Crippen LogP contribution in [0.2, 0.25) is 5.02 Å². The van der Waals surface area contributed by atoms with E-state index < -0.39 is 0 Å². The number of halogens is 2. The summed E-state index contributed by atoms with van der Waals surface area (Å²) in [5.41, 5.74) is 0.563. The Morgan fingerprint density at radius 3 is 2.65 bits per heavy atom. The Morgan fingerprint density at radius 1 is 1.40 bits per heavy atom. The number of carbonyl (C=O) groups excluding carboxylic acids is 1. The lowest BCUT2D eigenvalue weighted by molar-refractivity contribution is -0.126. The van der Waals surface area contributed by atoms with Crippen LogP contribution in [0.5, 0.6) is 0 Å². The smallest absolute Gasteiger partial charge is 0.230 e. The first-order valence-corrected chi connectivity index (χ1v) is 8.36. The second kappa shape index (κ2) is 6.48. The van der Waals surface area contributed by atoms with E-state index >= 15 is 0 Å². The minimum Gasteiger partial charge on any atom is -0.325 e. The van der Waals surface area contributed by atoms with Gasteiger partial charge >= 0.3 is 0 Å². The van der Waals surface area contributed by atoms with Gasteiger partial charge in [0.05, 0.1) is 5.69 Å². The van der Waals surface area contributed by atoms with Crippen molar-refractivity contribution in [3.63, 3.8) is 0 Å². The molecule has 0 atom stereocenters. The zero-order valence-electron chi connectivity index (χ0n) is 12.0. The SMILES string of the molecule is CC(C)CC1(C(=O)Nc2cc(Cl)ccc2Br)CCCC1. The van der Waals surface area contributed by atoms with Gasteiger partial charge in [0.2, 0.25) is 5.91 Å². The molecule has 0 bridgehead atoms. The van der Waals surface area contributed by atoms with Crippen molar-refractivity contribution >= 4 is 39.1 Å². The maximum atomic E-state index is 12.8. The normalized spacial score (nSPS) is 17.4. The number of hydrogen-bond acceptors (Lipinski definition) is 1. The molecule has 1 aromatic rings. The highest BCUT2D eigenvalue weighted by Gasteiger charge is 2.41. The molecule has 2 rings (SSSR count). The van der Waals surface area contributed by atoms with Crippen LogP contribution in [-0.4, -0.2) is 5.91 Å². The molecule has 0 unspecified atom stereocenters. The fourth-order valence-electron chi connectivity index (χ4n) is 3.21. The van der Waals surface area contributed by atoms with Gasteiger partial charge in [-0.05, 0) is 59.3 Å². The maximum Gasteiger partial charge on any atom is 0.230 e. The van der Waals surface area contributed by atoms with Gasteiger partial charge in [-0.3, -0.25) is 4.79 Å². The number of hydrogen-bond donors (Lipinski definition) is 1. The van der Waals surface area contributed by atoms with E-state index in [1.807, 2.05) is 6.07 Å². The van der Waals surface area contributed by atoms with Crippen molar-refractivity contribution < 1.29 is 4.79 Å². The number of nitrogens with one attached hydrogen (secondary N) is 1. The molecule has 20 heavy (non-hydrogen) atoms. The summed E-state index contributed by atoms with van der Waals surface area (Å²) in [6, 6.07) is 5.46. The van der Waals surface area contributed by atoms with E-state index in [0.29, 0.717) is 10.9 Å². The van der Waals surface area contributed by atoms with Crippen LogP contribution in [0.25, 0.3) is 0 Å². The van der Waals surface area contributed by atoms with E-state index in [1.165, 1.54) is 0 Å². The molecule has 0 aliphatic heterocycles. The molecular formula is C16H21BrClNO. The van der Waals surface area contributed by atoms with Crippen LogP contribution >= 0.6 is 27.5 Å². The van der Waals surface area contributed by atoms with Gasteiger partial charge in [-0.1, -0.05) is 38.3 Å². The second-order valence-corrected chi connectivity index (χ2v) is 7.45. The fourth-order valence-corrected chi connectivity index (χ4v) is 3.72. The zero-order valence-corrected chi connectivity index (χ0v) is 14.4. The molecule has 0 aromatic heterocycles. The quantitative estimate of drug-likeness (QED) is 0.740. The molecular weight excluding hydrogens is 338 g/mol. The van der Waals surface area contributed by atoms with Gasteiger partial charge in [0.25, 0.3) is 0 Å². The second-order valence-electron chi connectivity index (χ2n) is 6.16. The van der Waals surface area contributed by atoms with Crippen molar-refractivity contribution in [2.24, 2.45) is 11.3 Å². The first kappa shape index (κ1) is 15.8. The molecule has 1 aliphatic carbocycles. The number of carbonyl (C=O) groups is 1. The van der Waals surface area contributed by atoms with Gasteiger partial charge in [-0.25, -0.2) is 0 Å². The molecule has 1 fully saturated rings. The summed E-state index contributed by atoms with van der Waals surface area (Å²) in [5.74, 6) is 0.674. The van der Waals surface area contributed by atoms with E-state index in [4.69, 9.17) is 11.6 Å². The number of anilines is 1. The van der Waals surface area contributed by atoms with Crippen molar-refractivity contribution in [3.8, 4) is 0 Å². The highest BCUT2D eigenvalue weighted by molar-refractivity contribution is 9.10. The Morgan fingerprint density at radius 2 is 2.05 bits per heavy atom. The Labute approximate surface area is 134 Å². The van der Waals surface area contributed by atoms with Crippen molar-refractivity contribution in [2.45, 2.75) is 46.0 Å². The Hall–Kier alpha value is -0.540. The third-order valence-corrected chi connectivity index (χ3v) is 4.94. The molecule has 1 aliphatic rings. The molecule has 0 heterocycles. The summed E-state index contributed by atoms with van der Waals surface area (Å²) in [7, 11) is 0. The zero-order chi connectivity index (χ0) is 14.8. The van der Waals surface area contributed by atoms with Crippen molar-refractivity contribution in [3.05, 3.63) is 27.7 Å². The number of amides is 1. The van der Waals surface area contributed by atoms with Gasteiger partial charge in [-0.15, -0.1) is 0 Å². The van der Waals surface area contributed by atoms with Crippen LogP contribution < -0.4 is 5.32 Å². The van der Waals surface area contributed by atoms with E-state index in [2.05, 4.69) is 35.1 Å². The van der Waals surface area contributed by atoms with Gasteiger partial charge in [-0.2, -0.15) is 0 Å². The van der Waals surface area contributed by atoms with Crippen LogP contribution in [-0.2, 0) is 4.79 Å². The first-order chi connectivity index (χ1) is 9.43. The highest BCUT2D eigenvalue weighted by atomic mass is 79.9. The third-order valence-electron chi connectivity index (χ3n) is 4.02. The molecule has 2 nitrogen and oxygen atoms in total. The average molecular weight is 359 g/mol. The molecule has 1 saturated carbocycles. The first-order valence-electron chi connectivity index (χ1n) is 7.19. The summed E-state index contributed by atoms with van der Waals surface area (Å²) >= 11 is 9.47.